The summed E-state index contributed by atoms with van der Waals surface area (Å²) in [7, 11) is 0. The van der Waals surface area contributed by atoms with Crippen LogP contribution in [-0.4, -0.2) is 19.3 Å². The molecule has 2 N–H and O–H groups in total. The molecule has 1 fully saturated rings. The Bertz CT molecular complexity index is 182. The van der Waals surface area contributed by atoms with E-state index in [0.717, 1.165) is 31.0 Å². The molecule has 16 heavy (non-hydrogen) atoms. The van der Waals surface area contributed by atoms with Gasteiger partial charge < -0.3 is 10.5 Å². The van der Waals surface area contributed by atoms with Crippen LogP contribution in [0.25, 0.3) is 0 Å². The molecular formula is C14H29NO. The summed E-state index contributed by atoms with van der Waals surface area (Å²) in [6.45, 7) is 8.50. The van der Waals surface area contributed by atoms with Crippen LogP contribution in [-0.2, 0) is 4.74 Å². The van der Waals surface area contributed by atoms with Crippen molar-refractivity contribution < 1.29 is 4.74 Å². The number of hydrogen-bond donors (Lipinski definition) is 1. The van der Waals surface area contributed by atoms with Gasteiger partial charge in [0.1, 0.15) is 0 Å². The second-order valence-electron chi connectivity index (χ2n) is 5.58. The van der Waals surface area contributed by atoms with Crippen molar-refractivity contribution in [3.8, 4) is 0 Å². The molecule has 0 bridgehead atoms. The molecule has 1 rings (SSSR count). The Balaban J connectivity index is 2.26. The summed E-state index contributed by atoms with van der Waals surface area (Å²) >= 11 is 0. The molecule has 3 unspecified atom stereocenters. The normalized spacial score (nSPS) is 30.9. The zero-order valence-corrected chi connectivity index (χ0v) is 11.2. The van der Waals surface area contributed by atoms with Crippen LogP contribution in [0, 0.1) is 17.8 Å². The fourth-order valence-electron chi connectivity index (χ4n) is 2.85. The second-order valence-corrected chi connectivity index (χ2v) is 5.58. The highest BCUT2D eigenvalue weighted by Crippen LogP contribution is 2.35. The van der Waals surface area contributed by atoms with E-state index in [-0.39, 0.29) is 0 Å². The molecule has 0 aliphatic heterocycles. The second kappa shape index (κ2) is 7.29. The van der Waals surface area contributed by atoms with Crippen LogP contribution >= 0.6 is 0 Å². The van der Waals surface area contributed by atoms with Gasteiger partial charge in [-0.1, -0.05) is 13.8 Å². The number of hydrogen-bond acceptors (Lipinski definition) is 2. The molecule has 96 valence electrons. The SMILES string of the molecule is CCOCCCC1CC(C(C)C)CCC1N. The fraction of sp³-hybridized carbons (Fsp3) is 1.00. The zero-order valence-electron chi connectivity index (χ0n) is 11.2. The van der Waals surface area contributed by atoms with Crippen molar-refractivity contribution in [1.29, 1.82) is 0 Å². The first-order valence-electron chi connectivity index (χ1n) is 6.98. The average molecular weight is 227 g/mol. The predicted octanol–water partition coefficient (Wildman–Crippen LogP) is 3.20. The monoisotopic (exact) mass is 227 g/mol. The van der Waals surface area contributed by atoms with Gasteiger partial charge in [0.25, 0.3) is 0 Å². The van der Waals surface area contributed by atoms with Gasteiger partial charge in [-0.15, -0.1) is 0 Å². The number of nitrogens with two attached hydrogens (primary N) is 1. The molecule has 0 aromatic rings. The Hall–Kier alpha value is -0.0800. The molecule has 0 saturated heterocycles. The van der Waals surface area contributed by atoms with Crippen LogP contribution in [0.4, 0.5) is 0 Å². The van der Waals surface area contributed by atoms with Crippen LogP contribution in [0.1, 0.15) is 52.9 Å². The Morgan fingerprint density at radius 2 is 2.06 bits per heavy atom. The van der Waals surface area contributed by atoms with Crippen LogP contribution < -0.4 is 5.73 Å². The lowest BCUT2D eigenvalue weighted by atomic mass is 9.72. The lowest BCUT2D eigenvalue weighted by molar-refractivity contribution is 0.125. The Morgan fingerprint density at radius 1 is 1.31 bits per heavy atom. The number of ether oxygens (including phenoxy) is 1. The standard InChI is InChI=1S/C14H29NO/c1-4-16-9-5-6-13-10-12(11(2)3)7-8-14(13)15/h11-14H,4-10,15H2,1-3H3. The summed E-state index contributed by atoms with van der Waals surface area (Å²) in [6, 6.07) is 0.441. The third-order valence-electron chi connectivity index (χ3n) is 4.09. The lowest BCUT2D eigenvalue weighted by Crippen LogP contribution is -2.37. The van der Waals surface area contributed by atoms with Gasteiger partial charge in [0.15, 0.2) is 0 Å². The van der Waals surface area contributed by atoms with Crippen molar-refractivity contribution in [2.75, 3.05) is 13.2 Å². The molecule has 1 saturated carbocycles. The van der Waals surface area contributed by atoms with Crippen molar-refractivity contribution in [3.63, 3.8) is 0 Å². The molecule has 1 aliphatic carbocycles. The molecule has 0 heterocycles. The minimum atomic E-state index is 0.441. The van der Waals surface area contributed by atoms with Crippen molar-refractivity contribution in [2.24, 2.45) is 23.5 Å². The molecule has 0 amide bonds. The summed E-state index contributed by atoms with van der Waals surface area (Å²) in [6.07, 6.45) is 6.33. The first-order chi connectivity index (χ1) is 7.65. The predicted molar refractivity (Wildman–Crippen MR) is 69.4 cm³/mol. The van der Waals surface area contributed by atoms with Crippen LogP contribution in [0.2, 0.25) is 0 Å². The summed E-state index contributed by atoms with van der Waals surface area (Å²) in [5.41, 5.74) is 6.22. The highest BCUT2D eigenvalue weighted by molar-refractivity contribution is 4.83. The smallest absolute Gasteiger partial charge is 0.0466 e. The molecule has 2 nitrogen and oxygen atoms in total. The minimum Gasteiger partial charge on any atom is -0.382 e. The van der Waals surface area contributed by atoms with Gasteiger partial charge in [0.05, 0.1) is 0 Å². The molecule has 0 radical (unpaired) electrons. The highest BCUT2D eigenvalue weighted by Gasteiger charge is 2.29. The van der Waals surface area contributed by atoms with Gasteiger partial charge in [-0.05, 0) is 56.8 Å². The topological polar surface area (TPSA) is 35.2 Å². The van der Waals surface area contributed by atoms with Crippen molar-refractivity contribution in [3.05, 3.63) is 0 Å². The molecule has 1 aliphatic rings. The fourth-order valence-corrected chi connectivity index (χ4v) is 2.85. The summed E-state index contributed by atoms with van der Waals surface area (Å²) in [5, 5.41) is 0. The van der Waals surface area contributed by atoms with E-state index in [0.29, 0.717) is 6.04 Å². The van der Waals surface area contributed by atoms with Gasteiger partial charge in [-0.25, -0.2) is 0 Å². The van der Waals surface area contributed by atoms with Gasteiger partial charge >= 0.3 is 0 Å². The minimum absolute atomic E-state index is 0.441. The first-order valence-corrected chi connectivity index (χ1v) is 6.98. The Labute approximate surface area is 101 Å². The summed E-state index contributed by atoms with van der Waals surface area (Å²) < 4.78 is 5.39. The van der Waals surface area contributed by atoms with E-state index in [4.69, 9.17) is 10.5 Å². The van der Waals surface area contributed by atoms with Gasteiger partial charge in [0, 0.05) is 19.3 Å². The largest absolute Gasteiger partial charge is 0.382 e. The summed E-state index contributed by atoms with van der Waals surface area (Å²) in [5.74, 6) is 2.46. The maximum atomic E-state index is 6.22. The molecule has 0 aromatic carbocycles. The third kappa shape index (κ3) is 4.42. The Morgan fingerprint density at radius 3 is 2.69 bits per heavy atom. The summed E-state index contributed by atoms with van der Waals surface area (Å²) in [4.78, 5) is 0. The van der Waals surface area contributed by atoms with E-state index in [2.05, 4.69) is 20.8 Å². The van der Waals surface area contributed by atoms with Gasteiger partial charge in [-0.3, -0.25) is 0 Å². The van der Waals surface area contributed by atoms with Crippen molar-refractivity contribution >= 4 is 0 Å². The van der Waals surface area contributed by atoms with Crippen molar-refractivity contribution in [1.82, 2.24) is 0 Å². The first kappa shape index (κ1) is 14.0. The lowest BCUT2D eigenvalue weighted by Gasteiger charge is -2.36. The van der Waals surface area contributed by atoms with Crippen LogP contribution in [0.5, 0.6) is 0 Å². The van der Waals surface area contributed by atoms with E-state index in [1.165, 1.54) is 32.1 Å². The molecule has 0 spiro atoms. The molecule has 2 heteroatoms. The van der Waals surface area contributed by atoms with Gasteiger partial charge in [-0.2, -0.15) is 0 Å². The zero-order chi connectivity index (χ0) is 12.0. The highest BCUT2D eigenvalue weighted by atomic mass is 16.5. The van der Waals surface area contributed by atoms with E-state index >= 15 is 0 Å². The molecule has 3 atom stereocenters. The van der Waals surface area contributed by atoms with E-state index in [1.54, 1.807) is 0 Å². The van der Waals surface area contributed by atoms with Crippen LogP contribution in [0.3, 0.4) is 0 Å². The van der Waals surface area contributed by atoms with Crippen molar-refractivity contribution in [2.45, 2.75) is 58.9 Å². The molecular weight excluding hydrogens is 198 g/mol. The Kier molecular flexibility index (Phi) is 6.37. The maximum absolute atomic E-state index is 6.22. The maximum Gasteiger partial charge on any atom is 0.0466 e. The van der Waals surface area contributed by atoms with Gasteiger partial charge in [0.2, 0.25) is 0 Å². The van der Waals surface area contributed by atoms with E-state index in [1.807, 2.05) is 0 Å². The average Bonchev–Trinajstić information content (AvgIpc) is 2.26. The third-order valence-corrected chi connectivity index (χ3v) is 4.09. The van der Waals surface area contributed by atoms with E-state index < -0.39 is 0 Å². The van der Waals surface area contributed by atoms with Crippen LogP contribution in [0.15, 0.2) is 0 Å². The quantitative estimate of drug-likeness (QED) is 0.707. The molecule has 0 aromatic heterocycles. The van der Waals surface area contributed by atoms with E-state index in [9.17, 15) is 0 Å². The number of rotatable bonds is 6.